The number of nitrogens with one attached hydrogen (secondary N) is 1. The van der Waals surface area contributed by atoms with Crippen LogP contribution < -0.4 is 11.2 Å². The second-order valence-corrected chi connectivity index (χ2v) is 5.89. The van der Waals surface area contributed by atoms with Gasteiger partial charge in [0.25, 0.3) is 0 Å². The molecule has 0 radical (unpaired) electrons. The summed E-state index contributed by atoms with van der Waals surface area (Å²) in [7, 11) is 0. The first kappa shape index (κ1) is 15.2. The molecule has 0 bridgehead atoms. The molecule has 1 unspecified atom stereocenters. The summed E-state index contributed by atoms with van der Waals surface area (Å²) in [5.41, 5.74) is 7.53. The molecule has 1 fully saturated rings. The lowest BCUT2D eigenvalue weighted by molar-refractivity contribution is -0.0646. The largest absolute Gasteiger partial charge is 0.442 e. The predicted molar refractivity (Wildman–Crippen MR) is 69.9 cm³/mol. The molecule has 0 aromatic carbocycles. The standard InChI is InChI=1S/C13H26N2O3/c1-13(2,3)17-12(16)15-18-11(9-14)10-7-5-4-6-8-10/h10-11H,4-9,14H2,1-3H3,(H,15,16). The molecule has 1 saturated carbocycles. The minimum Gasteiger partial charge on any atom is -0.442 e. The van der Waals surface area contributed by atoms with E-state index in [1.165, 1.54) is 19.3 Å². The van der Waals surface area contributed by atoms with Crippen LogP contribution in [0.3, 0.4) is 0 Å². The molecule has 0 aromatic heterocycles. The molecule has 5 nitrogen and oxygen atoms in total. The summed E-state index contributed by atoms with van der Waals surface area (Å²) in [6.45, 7) is 5.86. The molecule has 3 N–H and O–H groups in total. The maximum atomic E-state index is 11.5. The zero-order valence-corrected chi connectivity index (χ0v) is 11.7. The van der Waals surface area contributed by atoms with Gasteiger partial charge in [0.1, 0.15) is 11.7 Å². The molecule has 18 heavy (non-hydrogen) atoms. The van der Waals surface area contributed by atoms with Crippen molar-refractivity contribution in [2.75, 3.05) is 6.54 Å². The van der Waals surface area contributed by atoms with Crippen LogP contribution in [0.5, 0.6) is 0 Å². The summed E-state index contributed by atoms with van der Waals surface area (Å²) < 4.78 is 5.10. The molecule has 1 rings (SSSR count). The second kappa shape index (κ2) is 6.95. The van der Waals surface area contributed by atoms with Crippen molar-refractivity contribution in [3.8, 4) is 0 Å². The summed E-state index contributed by atoms with van der Waals surface area (Å²) in [5.74, 6) is 0.443. The minimum absolute atomic E-state index is 0.113. The van der Waals surface area contributed by atoms with Crippen LogP contribution in [0.2, 0.25) is 0 Å². The third-order valence-corrected chi connectivity index (χ3v) is 3.10. The Hall–Kier alpha value is -0.810. The molecule has 0 heterocycles. The average molecular weight is 258 g/mol. The summed E-state index contributed by atoms with van der Waals surface area (Å²) in [4.78, 5) is 16.9. The van der Waals surface area contributed by atoms with Gasteiger partial charge in [-0.3, -0.25) is 4.84 Å². The van der Waals surface area contributed by atoms with Crippen LogP contribution in [0.4, 0.5) is 4.79 Å². The van der Waals surface area contributed by atoms with Gasteiger partial charge in [0.2, 0.25) is 0 Å². The van der Waals surface area contributed by atoms with Gasteiger partial charge in [0.15, 0.2) is 0 Å². The monoisotopic (exact) mass is 258 g/mol. The van der Waals surface area contributed by atoms with Gasteiger partial charge in [-0.25, -0.2) is 4.79 Å². The molecular formula is C13H26N2O3. The number of hydrogen-bond acceptors (Lipinski definition) is 4. The second-order valence-electron chi connectivity index (χ2n) is 5.89. The van der Waals surface area contributed by atoms with Gasteiger partial charge in [-0.15, -0.1) is 0 Å². The Morgan fingerprint density at radius 1 is 1.33 bits per heavy atom. The van der Waals surface area contributed by atoms with Gasteiger partial charge in [-0.05, 0) is 39.5 Å². The van der Waals surface area contributed by atoms with Crippen molar-refractivity contribution < 1.29 is 14.4 Å². The van der Waals surface area contributed by atoms with E-state index in [1.807, 2.05) is 20.8 Å². The predicted octanol–water partition coefficient (Wildman–Crippen LogP) is 2.35. The van der Waals surface area contributed by atoms with E-state index in [0.717, 1.165) is 12.8 Å². The Balaban J connectivity index is 2.32. The van der Waals surface area contributed by atoms with E-state index in [4.69, 9.17) is 15.3 Å². The Bertz CT molecular complexity index is 257. The van der Waals surface area contributed by atoms with Crippen LogP contribution in [0.25, 0.3) is 0 Å². The van der Waals surface area contributed by atoms with Crippen molar-refractivity contribution in [2.45, 2.75) is 64.6 Å². The van der Waals surface area contributed by atoms with Crippen LogP contribution >= 0.6 is 0 Å². The lowest BCUT2D eigenvalue weighted by atomic mass is 9.85. The van der Waals surface area contributed by atoms with Gasteiger partial charge in [-0.1, -0.05) is 19.3 Å². The Labute approximate surface area is 109 Å². The zero-order chi connectivity index (χ0) is 13.6. The zero-order valence-electron chi connectivity index (χ0n) is 11.7. The summed E-state index contributed by atoms with van der Waals surface area (Å²) in [6, 6.07) is 0. The molecule has 0 saturated heterocycles. The molecule has 1 atom stereocenters. The SMILES string of the molecule is CC(C)(C)OC(=O)NOC(CN)C1CCCCC1. The number of carbonyl (C=O) groups is 1. The van der Waals surface area contributed by atoms with Gasteiger partial charge < -0.3 is 10.5 Å². The Morgan fingerprint density at radius 3 is 2.44 bits per heavy atom. The minimum atomic E-state index is -0.559. The van der Waals surface area contributed by atoms with Crippen LogP contribution in [0.15, 0.2) is 0 Å². The fourth-order valence-corrected chi connectivity index (χ4v) is 2.27. The van der Waals surface area contributed by atoms with Crippen LogP contribution in [-0.2, 0) is 9.57 Å². The highest BCUT2D eigenvalue weighted by atomic mass is 16.7. The first-order valence-corrected chi connectivity index (χ1v) is 6.77. The van der Waals surface area contributed by atoms with Gasteiger partial charge in [0.05, 0.1) is 0 Å². The first-order valence-electron chi connectivity index (χ1n) is 6.77. The number of amides is 1. The topological polar surface area (TPSA) is 73.6 Å². The molecule has 0 spiro atoms. The molecule has 1 amide bonds. The highest BCUT2D eigenvalue weighted by Crippen LogP contribution is 2.27. The maximum Gasteiger partial charge on any atom is 0.431 e. The third-order valence-electron chi connectivity index (χ3n) is 3.10. The van der Waals surface area contributed by atoms with E-state index in [1.54, 1.807) is 0 Å². The number of carbonyl (C=O) groups excluding carboxylic acids is 1. The van der Waals surface area contributed by atoms with Gasteiger partial charge in [0, 0.05) is 6.54 Å². The highest BCUT2D eigenvalue weighted by Gasteiger charge is 2.25. The first-order chi connectivity index (χ1) is 8.42. The van der Waals surface area contributed by atoms with Crippen LogP contribution in [0.1, 0.15) is 52.9 Å². The molecule has 1 aliphatic rings. The van der Waals surface area contributed by atoms with E-state index < -0.39 is 11.7 Å². The quantitative estimate of drug-likeness (QED) is 0.759. The number of hydrogen-bond donors (Lipinski definition) is 2. The van der Waals surface area contributed by atoms with Crippen molar-refractivity contribution in [3.63, 3.8) is 0 Å². The summed E-state index contributed by atoms with van der Waals surface area (Å²) in [5, 5.41) is 0. The highest BCUT2D eigenvalue weighted by molar-refractivity contribution is 5.66. The Kier molecular flexibility index (Phi) is 5.88. The third kappa shape index (κ3) is 5.69. The van der Waals surface area contributed by atoms with Crippen LogP contribution in [0, 0.1) is 5.92 Å². The van der Waals surface area contributed by atoms with Gasteiger partial charge >= 0.3 is 6.09 Å². The molecule has 1 aliphatic carbocycles. The fraction of sp³-hybridized carbons (Fsp3) is 0.923. The number of ether oxygens (including phenoxy) is 1. The fourth-order valence-electron chi connectivity index (χ4n) is 2.27. The lowest BCUT2D eigenvalue weighted by Gasteiger charge is -2.29. The van der Waals surface area contributed by atoms with E-state index in [2.05, 4.69) is 5.48 Å². The van der Waals surface area contributed by atoms with E-state index in [0.29, 0.717) is 12.5 Å². The van der Waals surface area contributed by atoms with Crippen molar-refractivity contribution in [3.05, 3.63) is 0 Å². The van der Waals surface area contributed by atoms with Crippen LogP contribution in [-0.4, -0.2) is 24.3 Å². The summed E-state index contributed by atoms with van der Waals surface area (Å²) in [6.07, 6.45) is 5.30. The smallest absolute Gasteiger partial charge is 0.431 e. The van der Waals surface area contributed by atoms with E-state index >= 15 is 0 Å². The molecule has 0 aromatic rings. The summed E-state index contributed by atoms with van der Waals surface area (Å²) >= 11 is 0. The number of nitrogens with two attached hydrogens (primary N) is 1. The van der Waals surface area contributed by atoms with Crippen molar-refractivity contribution in [2.24, 2.45) is 11.7 Å². The molecule has 0 aliphatic heterocycles. The number of rotatable bonds is 4. The normalized spacial score (nSPS) is 19.3. The van der Waals surface area contributed by atoms with Crippen molar-refractivity contribution in [1.29, 1.82) is 0 Å². The van der Waals surface area contributed by atoms with Crippen molar-refractivity contribution in [1.82, 2.24) is 5.48 Å². The van der Waals surface area contributed by atoms with Crippen molar-refractivity contribution >= 4 is 6.09 Å². The number of hydroxylamine groups is 1. The molecule has 5 heteroatoms. The van der Waals surface area contributed by atoms with Gasteiger partial charge in [-0.2, -0.15) is 5.48 Å². The van der Waals surface area contributed by atoms with E-state index in [9.17, 15) is 4.79 Å². The Morgan fingerprint density at radius 2 is 1.94 bits per heavy atom. The molecular weight excluding hydrogens is 232 g/mol. The average Bonchev–Trinajstić information content (AvgIpc) is 2.29. The lowest BCUT2D eigenvalue weighted by Crippen LogP contribution is -2.41. The maximum absolute atomic E-state index is 11.5. The van der Waals surface area contributed by atoms with E-state index in [-0.39, 0.29) is 6.10 Å². The molecule has 106 valence electrons.